The first kappa shape index (κ1) is 23.8. The number of fused-ring (bicyclic) bond motifs is 1. The number of pyridine rings is 1. The molecule has 38 heavy (non-hydrogen) atoms. The molecule has 1 saturated heterocycles. The number of carbonyl (C=O) groups is 1. The van der Waals surface area contributed by atoms with Gasteiger partial charge in [-0.05, 0) is 60.5 Å². The monoisotopic (exact) mass is 504 g/mol. The topological polar surface area (TPSA) is 120 Å². The smallest absolute Gasteiger partial charge is 0.268 e. The van der Waals surface area contributed by atoms with E-state index in [1.165, 1.54) is 5.56 Å². The van der Waals surface area contributed by atoms with Gasteiger partial charge in [0.2, 0.25) is 0 Å². The summed E-state index contributed by atoms with van der Waals surface area (Å²) in [5.74, 6) is 1.63. The molecule has 1 aliphatic rings. The van der Waals surface area contributed by atoms with Crippen LogP contribution in [0, 0.1) is 0 Å². The quantitative estimate of drug-likeness (QED) is 0.222. The Morgan fingerprint density at radius 1 is 0.947 bits per heavy atom. The molecule has 9 heteroatoms. The molecule has 190 valence electrons. The maximum atomic E-state index is 12.9. The highest BCUT2D eigenvalue weighted by Gasteiger charge is 2.16. The molecule has 0 aliphatic carbocycles. The summed E-state index contributed by atoms with van der Waals surface area (Å²) in [6, 6.07) is 21.7. The van der Waals surface area contributed by atoms with Gasteiger partial charge in [-0.3, -0.25) is 20.6 Å². The number of nitrogens with zero attached hydrogens (tertiary/aromatic N) is 3. The second-order valence-electron chi connectivity index (χ2n) is 9.43. The fraction of sp³-hybridized carbons (Fsp3) is 0.172. The zero-order valence-electron chi connectivity index (χ0n) is 20.9. The fourth-order valence-corrected chi connectivity index (χ4v) is 4.65. The lowest BCUT2D eigenvalue weighted by Gasteiger charge is -2.13. The van der Waals surface area contributed by atoms with Gasteiger partial charge in [0.15, 0.2) is 5.82 Å². The van der Waals surface area contributed by atoms with Crippen LogP contribution in [0.2, 0.25) is 0 Å². The lowest BCUT2D eigenvalue weighted by atomic mass is 10.0. The number of carbonyl (C=O) groups excluding carboxylic acids is 1. The van der Waals surface area contributed by atoms with E-state index in [0.29, 0.717) is 23.3 Å². The summed E-state index contributed by atoms with van der Waals surface area (Å²) in [5.41, 5.74) is 11.8. The number of H-pyrrole nitrogens is 1. The largest absolute Gasteiger partial charge is 0.351 e. The predicted octanol–water partition coefficient (Wildman–Crippen LogP) is 4.45. The average molecular weight is 505 g/mol. The van der Waals surface area contributed by atoms with Gasteiger partial charge in [-0.2, -0.15) is 0 Å². The van der Waals surface area contributed by atoms with Gasteiger partial charge < -0.3 is 15.6 Å². The molecule has 2 aromatic carbocycles. The first-order valence-corrected chi connectivity index (χ1v) is 12.6. The summed E-state index contributed by atoms with van der Waals surface area (Å²) < 4.78 is 0. The van der Waals surface area contributed by atoms with Gasteiger partial charge in [0, 0.05) is 59.8 Å². The van der Waals surface area contributed by atoms with Gasteiger partial charge in [0.05, 0.1) is 6.04 Å². The van der Waals surface area contributed by atoms with Crippen molar-refractivity contribution < 1.29 is 4.79 Å². The lowest BCUT2D eigenvalue weighted by molar-refractivity contribution is 0.0935. The Kier molecular flexibility index (Phi) is 6.51. The minimum absolute atomic E-state index is 0.135. The molecule has 5 aromatic rings. The van der Waals surface area contributed by atoms with Crippen molar-refractivity contribution >= 4 is 28.3 Å². The molecule has 1 atom stereocenters. The Morgan fingerprint density at radius 3 is 2.53 bits per heavy atom. The summed E-state index contributed by atoms with van der Waals surface area (Å²) in [4.78, 5) is 29.3. The number of hydrogen-bond donors (Lipinski definition) is 5. The molecule has 1 amide bonds. The zero-order chi connectivity index (χ0) is 25.9. The van der Waals surface area contributed by atoms with Gasteiger partial charge in [-0.15, -0.1) is 0 Å². The molecule has 0 radical (unpaired) electrons. The van der Waals surface area contributed by atoms with Gasteiger partial charge in [-0.25, -0.2) is 9.97 Å². The summed E-state index contributed by atoms with van der Waals surface area (Å²) >= 11 is 0. The Balaban J connectivity index is 1.17. The van der Waals surface area contributed by atoms with Crippen LogP contribution in [0.4, 0.5) is 11.5 Å². The van der Waals surface area contributed by atoms with Gasteiger partial charge in [-0.1, -0.05) is 24.3 Å². The van der Waals surface area contributed by atoms with Crippen molar-refractivity contribution in [2.75, 3.05) is 18.4 Å². The van der Waals surface area contributed by atoms with Crippen LogP contribution >= 0.6 is 0 Å². The van der Waals surface area contributed by atoms with E-state index in [9.17, 15) is 4.79 Å². The average Bonchev–Trinajstić information content (AvgIpc) is 3.64. The summed E-state index contributed by atoms with van der Waals surface area (Å²) in [6.07, 6.45) is 5.18. The molecule has 0 bridgehead atoms. The molecule has 6 rings (SSSR count). The van der Waals surface area contributed by atoms with Crippen LogP contribution in [0.3, 0.4) is 0 Å². The fourth-order valence-electron chi connectivity index (χ4n) is 4.65. The summed E-state index contributed by atoms with van der Waals surface area (Å²) in [6.45, 7) is 3.82. The second-order valence-corrected chi connectivity index (χ2v) is 9.43. The maximum absolute atomic E-state index is 12.9. The molecule has 0 unspecified atom stereocenters. The van der Waals surface area contributed by atoms with Crippen LogP contribution in [0.1, 0.15) is 40.5 Å². The van der Waals surface area contributed by atoms with Crippen LogP contribution in [0.25, 0.3) is 22.3 Å². The third-order valence-electron chi connectivity index (χ3n) is 6.81. The minimum atomic E-state index is -0.166. The first-order chi connectivity index (χ1) is 18.6. The van der Waals surface area contributed by atoms with E-state index in [2.05, 4.69) is 60.7 Å². The van der Waals surface area contributed by atoms with E-state index in [1.807, 2.05) is 49.4 Å². The highest BCUT2D eigenvalue weighted by molar-refractivity contribution is 5.98. The van der Waals surface area contributed by atoms with Crippen molar-refractivity contribution in [2.24, 2.45) is 0 Å². The molecule has 4 heterocycles. The number of nitrogens with one attached hydrogen (secondary N) is 5. The molecule has 0 spiro atoms. The molecule has 3 aromatic heterocycles. The van der Waals surface area contributed by atoms with Crippen LogP contribution in [-0.2, 0) is 0 Å². The van der Waals surface area contributed by atoms with Crippen molar-refractivity contribution in [3.8, 4) is 11.4 Å². The third-order valence-corrected chi connectivity index (χ3v) is 6.81. The van der Waals surface area contributed by atoms with Crippen LogP contribution < -0.4 is 21.5 Å². The standard InChI is InChI=1S/C29H28N8O/c1-18(19-8-11-30-12-9-19)34-29(38)26-14-21-2-3-22(15-25(21)36-26)28-31-13-10-27(37-28)35-24-6-4-20(5-7-24)23-16-32-33-17-23/h2-15,18,23,32-33,36H,16-17H2,1H3,(H,34,38)(H,31,35,37)/t18-/m1/s1. The Hall–Kier alpha value is -4.60. The van der Waals surface area contributed by atoms with Crippen molar-refractivity contribution in [3.05, 3.63) is 102 Å². The van der Waals surface area contributed by atoms with E-state index in [-0.39, 0.29) is 11.9 Å². The van der Waals surface area contributed by atoms with Crippen molar-refractivity contribution in [1.82, 2.24) is 36.1 Å². The van der Waals surface area contributed by atoms with Crippen LogP contribution in [-0.4, -0.2) is 38.9 Å². The summed E-state index contributed by atoms with van der Waals surface area (Å²) in [5, 5.41) is 7.35. The normalized spacial score (nSPS) is 14.4. The number of benzene rings is 2. The number of anilines is 2. The predicted molar refractivity (Wildman–Crippen MR) is 148 cm³/mol. The molecule has 9 nitrogen and oxygen atoms in total. The molecule has 0 saturated carbocycles. The van der Waals surface area contributed by atoms with Crippen LogP contribution in [0.15, 0.2) is 85.3 Å². The van der Waals surface area contributed by atoms with E-state index in [1.54, 1.807) is 18.6 Å². The number of aromatic nitrogens is 4. The minimum Gasteiger partial charge on any atom is -0.351 e. The second kappa shape index (κ2) is 10.4. The highest BCUT2D eigenvalue weighted by atomic mass is 16.1. The molecular formula is C29H28N8O. The molecule has 1 fully saturated rings. The van der Waals surface area contributed by atoms with E-state index < -0.39 is 0 Å². The first-order valence-electron chi connectivity index (χ1n) is 12.6. The molecular weight excluding hydrogens is 476 g/mol. The SMILES string of the molecule is C[C@@H](NC(=O)c1cc2ccc(-c3nccc(Nc4ccc(C5CNNC5)cc4)n3)cc2[nH]1)c1ccncc1. The zero-order valence-corrected chi connectivity index (χ0v) is 20.9. The van der Waals surface area contributed by atoms with E-state index in [4.69, 9.17) is 4.98 Å². The van der Waals surface area contributed by atoms with Crippen molar-refractivity contribution in [3.63, 3.8) is 0 Å². The number of amides is 1. The Labute approximate surface area is 220 Å². The number of hydrazine groups is 1. The van der Waals surface area contributed by atoms with E-state index >= 15 is 0 Å². The Bertz CT molecular complexity index is 1560. The Morgan fingerprint density at radius 2 is 1.74 bits per heavy atom. The maximum Gasteiger partial charge on any atom is 0.268 e. The number of rotatable bonds is 7. The molecule has 1 aliphatic heterocycles. The van der Waals surface area contributed by atoms with Gasteiger partial charge >= 0.3 is 0 Å². The van der Waals surface area contributed by atoms with Gasteiger partial charge in [0.1, 0.15) is 11.5 Å². The third kappa shape index (κ3) is 5.10. The molecule has 5 N–H and O–H groups in total. The van der Waals surface area contributed by atoms with Crippen molar-refractivity contribution in [2.45, 2.75) is 18.9 Å². The van der Waals surface area contributed by atoms with Crippen molar-refractivity contribution in [1.29, 1.82) is 0 Å². The van der Waals surface area contributed by atoms with Gasteiger partial charge in [0.25, 0.3) is 5.91 Å². The highest BCUT2D eigenvalue weighted by Crippen LogP contribution is 2.25. The van der Waals surface area contributed by atoms with Crippen LogP contribution in [0.5, 0.6) is 0 Å². The number of aromatic amines is 1. The summed E-state index contributed by atoms with van der Waals surface area (Å²) in [7, 11) is 0. The number of hydrogen-bond acceptors (Lipinski definition) is 7. The lowest BCUT2D eigenvalue weighted by Crippen LogP contribution is -2.26. The van der Waals surface area contributed by atoms with E-state index in [0.717, 1.165) is 40.8 Å².